The molecule has 0 bridgehead atoms. The summed E-state index contributed by atoms with van der Waals surface area (Å²) in [5, 5.41) is 6.67. The molecule has 2 heterocycles. The monoisotopic (exact) mass is 288 g/mol. The van der Waals surface area contributed by atoms with Crippen molar-refractivity contribution in [2.24, 2.45) is 0 Å². The zero-order chi connectivity index (χ0) is 14.3. The average Bonchev–Trinajstić information content (AvgIpc) is 2.97. The summed E-state index contributed by atoms with van der Waals surface area (Å²) >= 11 is 1.27. The minimum Gasteiger partial charge on any atom is -0.496 e. The molecule has 0 saturated heterocycles. The first kappa shape index (κ1) is 12.8. The van der Waals surface area contributed by atoms with Crippen LogP contribution >= 0.6 is 11.5 Å². The summed E-state index contributed by atoms with van der Waals surface area (Å²) in [7, 11) is 1.59. The van der Waals surface area contributed by atoms with Crippen molar-refractivity contribution in [3.8, 4) is 17.0 Å². The van der Waals surface area contributed by atoms with E-state index in [1.807, 2.05) is 18.4 Å². The number of aryl methyl sites for hydroxylation is 1. The SMILES string of the molecule is COc1cc(-c2csnn2)cc2oc(=O)c(C)c(C)c12. The van der Waals surface area contributed by atoms with Gasteiger partial charge in [0, 0.05) is 16.5 Å². The largest absolute Gasteiger partial charge is 0.496 e. The molecule has 0 N–H and O–H groups in total. The van der Waals surface area contributed by atoms with Crippen molar-refractivity contribution < 1.29 is 9.15 Å². The molecular weight excluding hydrogens is 276 g/mol. The molecule has 1 aromatic carbocycles. The second kappa shape index (κ2) is 4.72. The Morgan fingerprint density at radius 3 is 2.70 bits per heavy atom. The highest BCUT2D eigenvalue weighted by molar-refractivity contribution is 7.03. The highest BCUT2D eigenvalue weighted by Crippen LogP contribution is 2.34. The van der Waals surface area contributed by atoms with Crippen LogP contribution < -0.4 is 10.4 Å². The summed E-state index contributed by atoms with van der Waals surface area (Å²) in [6, 6.07) is 3.67. The van der Waals surface area contributed by atoms with Gasteiger partial charge in [0.1, 0.15) is 17.0 Å². The lowest BCUT2D eigenvalue weighted by molar-refractivity contribution is 0.418. The minimum atomic E-state index is -0.328. The first-order valence-electron chi connectivity index (χ1n) is 6.01. The van der Waals surface area contributed by atoms with Crippen LogP contribution in [0, 0.1) is 13.8 Å². The molecule has 0 aliphatic rings. The molecule has 3 aromatic rings. The molecule has 0 atom stereocenters. The van der Waals surface area contributed by atoms with Gasteiger partial charge in [-0.05, 0) is 43.1 Å². The van der Waals surface area contributed by atoms with Gasteiger partial charge in [-0.3, -0.25) is 0 Å². The van der Waals surface area contributed by atoms with Crippen molar-refractivity contribution >= 4 is 22.5 Å². The summed E-state index contributed by atoms with van der Waals surface area (Å²) in [6.07, 6.45) is 0. The molecule has 0 fully saturated rings. The fourth-order valence-electron chi connectivity index (χ4n) is 2.16. The predicted molar refractivity (Wildman–Crippen MR) is 77.4 cm³/mol. The quantitative estimate of drug-likeness (QED) is 0.678. The van der Waals surface area contributed by atoms with Gasteiger partial charge >= 0.3 is 5.63 Å². The first-order chi connectivity index (χ1) is 9.61. The zero-order valence-corrected chi connectivity index (χ0v) is 12.1. The third-order valence-corrected chi connectivity index (χ3v) is 3.89. The Balaban J connectivity index is 2.40. The van der Waals surface area contributed by atoms with Crippen molar-refractivity contribution in [3.05, 3.63) is 39.1 Å². The Morgan fingerprint density at radius 2 is 2.05 bits per heavy atom. The van der Waals surface area contributed by atoms with Crippen LogP contribution in [-0.2, 0) is 0 Å². The molecule has 0 amide bonds. The molecule has 0 saturated carbocycles. The van der Waals surface area contributed by atoms with Crippen LogP contribution in [0.25, 0.3) is 22.2 Å². The van der Waals surface area contributed by atoms with Gasteiger partial charge in [-0.1, -0.05) is 4.49 Å². The molecule has 2 aromatic heterocycles. The average molecular weight is 288 g/mol. The molecule has 102 valence electrons. The van der Waals surface area contributed by atoms with Crippen LogP contribution in [0.5, 0.6) is 5.75 Å². The molecule has 0 unspecified atom stereocenters. The normalized spacial score (nSPS) is 10.9. The maximum atomic E-state index is 11.8. The summed E-state index contributed by atoms with van der Waals surface area (Å²) in [5.41, 5.74) is 3.19. The van der Waals surface area contributed by atoms with E-state index in [1.54, 1.807) is 20.1 Å². The Bertz CT molecular complexity index is 838. The van der Waals surface area contributed by atoms with Gasteiger partial charge < -0.3 is 9.15 Å². The van der Waals surface area contributed by atoms with Gasteiger partial charge in [-0.25, -0.2) is 4.79 Å². The molecule has 0 radical (unpaired) electrons. The van der Waals surface area contributed by atoms with E-state index in [2.05, 4.69) is 9.59 Å². The van der Waals surface area contributed by atoms with Gasteiger partial charge in [0.25, 0.3) is 0 Å². The van der Waals surface area contributed by atoms with Crippen molar-refractivity contribution in [3.63, 3.8) is 0 Å². The first-order valence-corrected chi connectivity index (χ1v) is 6.85. The highest BCUT2D eigenvalue weighted by Gasteiger charge is 2.15. The molecule has 0 aliphatic heterocycles. The van der Waals surface area contributed by atoms with E-state index in [1.165, 1.54) is 11.5 Å². The fraction of sp³-hybridized carbons (Fsp3) is 0.214. The predicted octanol–water partition coefficient (Wildman–Crippen LogP) is 2.94. The smallest absolute Gasteiger partial charge is 0.339 e. The third-order valence-electron chi connectivity index (χ3n) is 3.39. The number of hydrogen-bond acceptors (Lipinski definition) is 6. The van der Waals surface area contributed by atoms with Crippen molar-refractivity contribution in [2.75, 3.05) is 7.11 Å². The number of benzene rings is 1. The van der Waals surface area contributed by atoms with Crippen LogP contribution in [0.15, 0.2) is 26.7 Å². The lowest BCUT2D eigenvalue weighted by Crippen LogP contribution is -2.06. The van der Waals surface area contributed by atoms with E-state index in [0.717, 1.165) is 22.2 Å². The molecular formula is C14H12N2O3S. The van der Waals surface area contributed by atoms with Gasteiger partial charge in [-0.2, -0.15) is 0 Å². The summed E-state index contributed by atoms with van der Waals surface area (Å²) in [6.45, 7) is 3.64. The van der Waals surface area contributed by atoms with E-state index in [0.29, 0.717) is 16.9 Å². The highest BCUT2D eigenvalue weighted by atomic mass is 32.1. The van der Waals surface area contributed by atoms with Crippen LogP contribution in [0.2, 0.25) is 0 Å². The van der Waals surface area contributed by atoms with Crippen molar-refractivity contribution in [2.45, 2.75) is 13.8 Å². The zero-order valence-electron chi connectivity index (χ0n) is 11.3. The Hall–Kier alpha value is -2.21. The Morgan fingerprint density at radius 1 is 1.25 bits per heavy atom. The standard InChI is InChI=1S/C14H12N2O3S/c1-7-8(2)14(17)19-12-5-9(10-6-20-16-15-10)4-11(18-3)13(7)12/h4-6H,1-3H3. The Kier molecular flexibility index (Phi) is 3.02. The number of rotatable bonds is 2. The molecule has 0 spiro atoms. The van der Waals surface area contributed by atoms with Gasteiger partial charge in [0.2, 0.25) is 0 Å². The molecule has 6 heteroatoms. The number of fused-ring (bicyclic) bond motifs is 1. The number of methoxy groups -OCH3 is 1. The number of aromatic nitrogens is 2. The molecule has 3 rings (SSSR count). The van der Waals surface area contributed by atoms with Crippen LogP contribution in [0.1, 0.15) is 11.1 Å². The summed E-state index contributed by atoms with van der Waals surface area (Å²) in [4.78, 5) is 11.8. The topological polar surface area (TPSA) is 65.2 Å². The number of ether oxygens (including phenoxy) is 1. The van der Waals surface area contributed by atoms with Gasteiger partial charge in [0.05, 0.1) is 12.5 Å². The van der Waals surface area contributed by atoms with Crippen molar-refractivity contribution in [1.82, 2.24) is 9.59 Å². The second-order valence-electron chi connectivity index (χ2n) is 4.48. The third kappa shape index (κ3) is 1.89. The van der Waals surface area contributed by atoms with E-state index >= 15 is 0 Å². The molecule has 20 heavy (non-hydrogen) atoms. The van der Waals surface area contributed by atoms with E-state index in [9.17, 15) is 4.79 Å². The number of hydrogen-bond donors (Lipinski definition) is 0. The van der Waals surface area contributed by atoms with Gasteiger partial charge in [-0.15, -0.1) is 5.10 Å². The summed E-state index contributed by atoms with van der Waals surface area (Å²) in [5.74, 6) is 0.662. The second-order valence-corrected chi connectivity index (χ2v) is 5.09. The van der Waals surface area contributed by atoms with Crippen molar-refractivity contribution in [1.29, 1.82) is 0 Å². The lowest BCUT2D eigenvalue weighted by atomic mass is 10.0. The maximum absolute atomic E-state index is 11.8. The van der Waals surface area contributed by atoms with Crippen LogP contribution in [-0.4, -0.2) is 16.7 Å². The van der Waals surface area contributed by atoms with E-state index in [-0.39, 0.29) is 5.63 Å². The minimum absolute atomic E-state index is 0.328. The lowest BCUT2D eigenvalue weighted by Gasteiger charge is -2.10. The number of nitrogens with zero attached hydrogens (tertiary/aromatic N) is 2. The van der Waals surface area contributed by atoms with Gasteiger partial charge in [0.15, 0.2) is 0 Å². The maximum Gasteiger partial charge on any atom is 0.339 e. The molecule has 0 aliphatic carbocycles. The van der Waals surface area contributed by atoms with E-state index in [4.69, 9.17) is 9.15 Å². The Labute approximate surface area is 119 Å². The van der Waals surface area contributed by atoms with E-state index < -0.39 is 0 Å². The molecule has 5 nitrogen and oxygen atoms in total. The van der Waals surface area contributed by atoms with Crippen LogP contribution in [0.3, 0.4) is 0 Å². The van der Waals surface area contributed by atoms with Crippen LogP contribution in [0.4, 0.5) is 0 Å². The summed E-state index contributed by atoms with van der Waals surface area (Å²) < 4.78 is 14.7. The fourth-order valence-corrected chi connectivity index (χ4v) is 2.62.